The van der Waals surface area contributed by atoms with Crippen molar-refractivity contribution in [3.63, 3.8) is 0 Å². The largest absolute Gasteiger partial charge is 0.457 e. The van der Waals surface area contributed by atoms with Crippen molar-refractivity contribution in [2.45, 2.75) is 0 Å². The van der Waals surface area contributed by atoms with Gasteiger partial charge in [-0.3, -0.25) is 0 Å². The predicted octanol–water partition coefficient (Wildman–Crippen LogP) is -11.1. The number of rotatable bonds is 4. The summed E-state index contributed by atoms with van der Waals surface area (Å²) in [6, 6.07) is 24.6. The zero-order chi connectivity index (χ0) is 42.9. The molecule has 0 unspecified atom stereocenters. The average Bonchev–Trinajstić information content (AvgIpc) is 3.86. The topological polar surface area (TPSA) is 65.0 Å². The molecule has 3 heterocycles. The SMILES string of the molecule is Bc1c(B)c(B)c2c(oc3c(B)c(B)c(B)c(-c4c(B)c(B)c(B)c5c(-c6nc(-c7ccccc7)nc(-c7cccc8oc9ccccc9c78)n6)c(B)c(B)c(B)c45)c32)c1B. The van der Waals surface area contributed by atoms with Crippen LogP contribution >= 0.6 is 0 Å². The molecule has 0 atom stereocenters. The van der Waals surface area contributed by atoms with Crippen LogP contribution in [0.4, 0.5) is 0 Å². The molecule has 0 radical (unpaired) electrons. The number of para-hydroxylation sites is 1. The summed E-state index contributed by atoms with van der Waals surface area (Å²) in [5, 5.41) is 6.89. The molecule has 3 aromatic heterocycles. The average molecular weight is 769 g/mol. The van der Waals surface area contributed by atoms with Gasteiger partial charge in [0.05, 0.1) is 0 Å². The Morgan fingerprint density at radius 3 is 1.48 bits per heavy atom. The first kappa shape index (κ1) is 39.4. The van der Waals surface area contributed by atoms with Crippen molar-refractivity contribution < 1.29 is 8.83 Å². The van der Waals surface area contributed by atoms with Crippen LogP contribution in [0.25, 0.3) is 99.9 Å². The van der Waals surface area contributed by atoms with E-state index in [4.69, 9.17) is 23.8 Å². The van der Waals surface area contributed by atoms with Gasteiger partial charge in [-0.1, -0.05) is 121 Å². The summed E-state index contributed by atoms with van der Waals surface area (Å²) in [6.45, 7) is 0. The van der Waals surface area contributed by atoms with E-state index in [9.17, 15) is 0 Å². The van der Waals surface area contributed by atoms with Crippen molar-refractivity contribution in [1.29, 1.82) is 0 Å². The summed E-state index contributed by atoms with van der Waals surface area (Å²) < 4.78 is 13.4. The highest BCUT2D eigenvalue weighted by Gasteiger charge is 2.29. The van der Waals surface area contributed by atoms with Crippen LogP contribution in [0.1, 0.15) is 0 Å². The number of benzene rings is 7. The lowest BCUT2D eigenvalue weighted by Crippen LogP contribution is -2.48. The molecule has 0 N–H and O–H groups in total. The van der Waals surface area contributed by atoms with Crippen molar-refractivity contribution >= 4 is 228 Å². The molecule has 0 aliphatic carbocycles. The van der Waals surface area contributed by atoms with Crippen LogP contribution in [0.3, 0.4) is 0 Å². The highest BCUT2D eigenvalue weighted by molar-refractivity contribution is 6.71. The summed E-state index contributed by atoms with van der Waals surface area (Å²) in [7, 11) is 29.4. The molecule has 10 aromatic rings. The molecule has 10 rings (SSSR count). The van der Waals surface area contributed by atoms with Gasteiger partial charge in [0.15, 0.2) is 17.5 Å². The molecular weight excluding hydrogens is 731 g/mol. The molecule has 0 saturated heterocycles. The zero-order valence-corrected chi connectivity index (χ0v) is 37.6. The minimum Gasteiger partial charge on any atom is -0.457 e. The molecule has 0 aliphatic rings. The van der Waals surface area contributed by atoms with E-state index in [-0.39, 0.29) is 0 Å². The van der Waals surface area contributed by atoms with Gasteiger partial charge in [-0.15, -0.1) is 10.9 Å². The van der Waals surface area contributed by atoms with Crippen LogP contribution in [0.15, 0.2) is 81.6 Å². The maximum absolute atomic E-state index is 7.03. The van der Waals surface area contributed by atoms with Crippen LogP contribution in [-0.2, 0) is 0 Å². The Balaban J connectivity index is 1.38. The number of furan rings is 2. The number of fused-ring (bicyclic) bond motifs is 7. The Hall–Kier alpha value is -5.75. The molecular formula is C43H38B13N3O2. The van der Waals surface area contributed by atoms with Gasteiger partial charge < -0.3 is 8.83 Å². The van der Waals surface area contributed by atoms with Gasteiger partial charge in [0, 0.05) is 38.2 Å². The molecule has 7 aromatic carbocycles. The Kier molecular flexibility index (Phi) is 9.14. The second-order valence-corrected chi connectivity index (χ2v) is 17.5. The summed E-state index contributed by atoms with van der Waals surface area (Å²) >= 11 is 0. The maximum Gasteiger partial charge on any atom is 0.164 e. The molecule has 0 spiro atoms. The quantitative estimate of drug-likeness (QED) is 0.167. The molecule has 61 heavy (non-hydrogen) atoms. The number of nitrogens with zero attached hydrogens (tertiary/aromatic N) is 3. The summed E-state index contributed by atoms with van der Waals surface area (Å²) in [5.41, 5.74) is 25.3. The molecule has 0 saturated carbocycles. The first-order valence-corrected chi connectivity index (χ1v) is 21.4. The monoisotopic (exact) mass is 771 g/mol. The number of hydrogen-bond donors (Lipinski definition) is 0. The second-order valence-electron chi connectivity index (χ2n) is 17.5. The minimum absolute atomic E-state index is 0.613. The highest BCUT2D eigenvalue weighted by atomic mass is 16.3. The summed E-state index contributed by atoms with van der Waals surface area (Å²) in [6.07, 6.45) is 0. The van der Waals surface area contributed by atoms with Crippen molar-refractivity contribution in [1.82, 2.24) is 15.0 Å². The van der Waals surface area contributed by atoms with Gasteiger partial charge in [0.1, 0.15) is 124 Å². The van der Waals surface area contributed by atoms with E-state index < -0.39 is 0 Å². The fourth-order valence-corrected chi connectivity index (χ4v) is 10.2. The zero-order valence-electron chi connectivity index (χ0n) is 37.6. The lowest BCUT2D eigenvalue weighted by atomic mass is 9.59. The molecule has 276 valence electrons. The van der Waals surface area contributed by atoms with Crippen LogP contribution in [0.5, 0.6) is 0 Å². The van der Waals surface area contributed by atoms with E-state index in [0.717, 1.165) is 49.8 Å². The van der Waals surface area contributed by atoms with Gasteiger partial charge in [-0.2, -0.15) is 0 Å². The maximum atomic E-state index is 7.03. The first-order valence-electron chi connectivity index (χ1n) is 21.4. The molecule has 18 heteroatoms. The third-order valence-electron chi connectivity index (χ3n) is 14.7. The van der Waals surface area contributed by atoms with E-state index in [2.05, 4.69) is 132 Å². The number of hydrogen-bond acceptors (Lipinski definition) is 5. The Morgan fingerprint density at radius 1 is 0.311 bits per heavy atom. The third kappa shape index (κ3) is 5.56. The Morgan fingerprint density at radius 2 is 0.787 bits per heavy atom. The Labute approximate surface area is 367 Å². The van der Waals surface area contributed by atoms with Gasteiger partial charge >= 0.3 is 0 Å². The third-order valence-corrected chi connectivity index (χ3v) is 14.7. The number of aromatic nitrogens is 3. The smallest absolute Gasteiger partial charge is 0.164 e. The van der Waals surface area contributed by atoms with Crippen LogP contribution in [0, 0.1) is 0 Å². The lowest BCUT2D eigenvalue weighted by Gasteiger charge is -2.27. The van der Waals surface area contributed by atoms with Gasteiger partial charge in [-0.05, 0) is 34.0 Å². The fraction of sp³-hybridized carbons (Fsp3) is 0. The van der Waals surface area contributed by atoms with E-state index in [1.54, 1.807) is 0 Å². The van der Waals surface area contributed by atoms with Crippen molar-refractivity contribution in [2.75, 3.05) is 0 Å². The normalized spacial score (nSPS) is 11.8. The molecule has 0 fully saturated rings. The Bertz CT molecular complexity index is 3590. The molecule has 0 aliphatic heterocycles. The lowest BCUT2D eigenvalue weighted by molar-refractivity contribution is 0.669. The first-order chi connectivity index (χ1) is 29.2. The van der Waals surface area contributed by atoms with Crippen LogP contribution < -0.4 is 71.0 Å². The van der Waals surface area contributed by atoms with Crippen LogP contribution in [-0.4, -0.2) is 117 Å². The predicted molar refractivity (Wildman–Crippen MR) is 300 cm³/mol. The molecule has 0 amide bonds. The van der Waals surface area contributed by atoms with E-state index in [1.165, 1.54) is 104 Å². The van der Waals surface area contributed by atoms with Crippen molar-refractivity contribution in [2.24, 2.45) is 0 Å². The van der Waals surface area contributed by atoms with Gasteiger partial charge in [0.2, 0.25) is 0 Å². The van der Waals surface area contributed by atoms with E-state index in [1.807, 2.05) is 42.5 Å². The van der Waals surface area contributed by atoms with Gasteiger partial charge in [-0.25, -0.2) is 15.0 Å². The van der Waals surface area contributed by atoms with E-state index in [0.29, 0.717) is 17.5 Å². The summed E-state index contributed by atoms with van der Waals surface area (Å²) in [4.78, 5) is 16.2. The second kappa shape index (κ2) is 14.2. The molecule has 0 bridgehead atoms. The van der Waals surface area contributed by atoms with Crippen LogP contribution in [0.2, 0.25) is 0 Å². The van der Waals surface area contributed by atoms with Gasteiger partial charge in [0.25, 0.3) is 0 Å². The fourth-order valence-electron chi connectivity index (χ4n) is 10.2. The summed E-state index contributed by atoms with van der Waals surface area (Å²) in [5.74, 6) is 1.90. The molecule has 5 nitrogen and oxygen atoms in total. The standard InChI is InChI=1S/C43H38B13N3O2/c44-26-19(21-23-24-30(48)34(52)36(54)38(56)40(24)61-39(23)37(55)35(53)28(21)46)20-22(29(47)32(26)50)25(31(49)33(51)27(20)45)43-58-41(13-7-2-1-3-8-13)57-42(59-43)15-10-6-12-17-18(15)14-9-4-5-11-16(14)60-17/h1-12H,44-56H2. The highest BCUT2D eigenvalue weighted by Crippen LogP contribution is 2.38. The van der Waals surface area contributed by atoms with Crippen molar-refractivity contribution in [3.05, 3.63) is 72.8 Å². The minimum atomic E-state index is 0.613. The van der Waals surface area contributed by atoms with Crippen molar-refractivity contribution in [3.8, 4) is 45.3 Å². The van der Waals surface area contributed by atoms with E-state index >= 15 is 0 Å².